The van der Waals surface area contributed by atoms with Gasteiger partial charge in [0.15, 0.2) is 37.0 Å². The molecular formula is C34H47BrK2O15. The maximum Gasteiger partial charge on any atom is 1.00 e. The van der Waals surface area contributed by atoms with Gasteiger partial charge in [0.05, 0.1) is 31.3 Å². The molecule has 0 aromatic heterocycles. The number of alkyl halides is 1. The Morgan fingerprint density at radius 1 is 0.788 bits per heavy atom. The smallest absolute Gasteiger partial charge is 1.00 e. The van der Waals surface area contributed by atoms with E-state index in [1.807, 2.05) is 0 Å². The zero-order valence-corrected chi connectivity index (χ0v) is 37.2. The van der Waals surface area contributed by atoms with Gasteiger partial charge in [-0.1, -0.05) is 23.4 Å². The number of phenols is 1. The van der Waals surface area contributed by atoms with Crippen molar-refractivity contribution in [1.29, 1.82) is 0 Å². The maximum absolute atomic E-state index is 12.1. The maximum atomic E-state index is 12.1. The Balaban J connectivity index is 0. The summed E-state index contributed by atoms with van der Waals surface area (Å²) in [6, 6.07) is 13.6. The molecule has 2 saturated carbocycles. The number of benzene rings is 2. The van der Waals surface area contributed by atoms with E-state index in [4.69, 9.17) is 57.8 Å². The molecule has 2 heterocycles. The number of methoxy groups -OCH3 is 2. The monoisotopic (exact) mass is 852 g/mol. The van der Waals surface area contributed by atoms with E-state index < -0.39 is 17.7 Å². The molecule has 15 nitrogen and oxygen atoms in total. The van der Waals surface area contributed by atoms with Gasteiger partial charge < -0.3 is 59.3 Å². The number of hydrogen-bond acceptors (Lipinski definition) is 15. The third-order valence-corrected chi connectivity index (χ3v) is 8.33. The largest absolute Gasteiger partial charge is 1.00 e. The summed E-state index contributed by atoms with van der Waals surface area (Å²) in [5.41, 5.74) is 0. The first-order chi connectivity index (χ1) is 23.7. The van der Waals surface area contributed by atoms with Crippen LogP contribution in [-0.4, -0.2) is 99.9 Å². The Hall–Kier alpha value is -0.0773. The molecule has 2 aliphatic carbocycles. The number of halogens is 1. The van der Waals surface area contributed by atoms with Crippen molar-refractivity contribution in [2.75, 3.05) is 54.2 Å². The first kappa shape index (κ1) is 51.9. The van der Waals surface area contributed by atoms with E-state index in [0.29, 0.717) is 82.2 Å². The summed E-state index contributed by atoms with van der Waals surface area (Å²) in [5, 5.41) is 17.3. The van der Waals surface area contributed by atoms with Crippen molar-refractivity contribution in [2.24, 2.45) is 0 Å². The number of Topliss-reactive ketones (excluding diaryl/α,β-unsaturated/α-hetero) is 2. The van der Waals surface area contributed by atoms with Crippen LogP contribution in [0.2, 0.25) is 0 Å². The molecule has 52 heavy (non-hydrogen) atoms. The second-order valence-corrected chi connectivity index (χ2v) is 12.0. The average Bonchev–Trinajstić information content (AvgIpc) is 3.78. The van der Waals surface area contributed by atoms with Crippen LogP contribution in [-0.2, 0) is 47.7 Å². The van der Waals surface area contributed by atoms with Crippen molar-refractivity contribution < 1.29 is 176 Å². The normalized spacial score (nSPS) is 20.4. The van der Waals surface area contributed by atoms with Crippen LogP contribution in [0.15, 0.2) is 48.5 Å². The van der Waals surface area contributed by atoms with E-state index in [-0.39, 0.29) is 154 Å². The Bertz CT molecular complexity index is 1280. The number of rotatable bonds is 9. The number of carbonyl (C=O) groups excluding carboxylic acids is 3. The van der Waals surface area contributed by atoms with Gasteiger partial charge in [0.1, 0.15) is 28.8 Å². The quantitative estimate of drug-likeness (QED) is 0.0711. The number of ketones is 2. The van der Waals surface area contributed by atoms with Gasteiger partial charge in [-0.25, -0.2) is 0 Å². The van der Waals surface area contributed by atoms with Crippen LogP contribution in [0.25, 0.3) is 0 Å². The van der Waals surface area contributed by atoms with Gasteiger partial charge in [-0.15, -0.1) is 0 Å². The number of phenolic OH excluding ortho intramolecular Hbond substituents is 1. The summed E-state index contributed by atoms with van der Waals surface area (Å²) >= 11 is 3.33. The van der Waals surface area contributed by atoms with Crippen molar-refractivity contribution in [3.8, 4) is 23.0 Å². The van der Waals surface area contributed by atoms with Crippen molar-refractivity contribution in [2.45, 2.75) is 68.5 Å². The Labute approximate surface area is 399 Å². The summed E-state index contributed by atoms with van der Waals surface area (Å²) in [7, 11) is 3.12. The molecule has 2 aliphatic heterocycles. The molecule has 2 spiro atoms. The van der Waals surface area contributed by atoms with E-state index in [0.717, 1.165) is 0 Å². The van der Waals surface area contributed by atoms with Gasteiger partial charge in [-0.3, -0.25) is 14.4 Å². The molecule has 4 aliphatic rings. The molecule has 0 amide bonds. The zero-order valence-electron chi connectivity index (χ0n) is 30.4. The van der Waals surface area contributed by atoms with E-state index >= 15 is 0 Å². The fourth-order valence-corrected chi connectivity index (χ4v) is 5.86. The minimum atomic E-state index is -0.639. The minimum Gasteiger partial charge on any atom is -1.00 e. The Morgan fingerprint density at radius 2 is 1.19 bits per heavy atom. The van der Waals surface area contributed by atoms with Crippen LogP contribution in [0.3, 0.4) is 0 Å². The van der Waals surface area contributed by atoms with E-state index in [1.165, 1.54) is 0 Å². The predicted octanol–water partition coefficient (Wildman–Crippen LogP) is -2.27. The van der Waals surface area contributed by atoms with Crippen molar-refractivity contribution in [3.05, 3.63) is 48.5 Å². The molecular weight excluding hydrogens is 806 g/mol. The Morgan fingerprint density at radius 3 is 1.62 bits per heavy atom. The van der Waals surface area contributed by atoms with Gasteiger partial charge in [0.25, 0.3) is 6.47 Å². The third-order valence-electron chi connectivity index (χ3n) is 7.49. The summed E-state index contributed by atoms with van der Waals surface area (Å²) in [6.45, 7) is 2.71. The van der Waals surface area contributed by atoms with E-state index in [1.54, 1.807) is 62.8 Å². The second-order valence-electron chi connectivity index (χ2n) is 10.9. The van der Waals surface area contributed by atoms with Crippen LogP contribution in [0.1, 0.15) is 47.4 Å². The fraction of sp³-hybridized carbons (Fsp3) is 0.559. The second kappa shape index (κ2) is 28.3. The molecule has 0 bridgehead atoms. The zero-order chi connectivity index (χ0) is 35.5. The van der Waals surface area contributed by atoms with Crippen molar-refractivity contribution >= 4 is 34.0 Å². The summed E-state index contributed by atoms with van der Waals surface area (Å²) < 4.78 is 48.1. The number of hydrogen-bond donors (Lipinski definition) is 1. The number of aromatic hydroxyl groups is 1. The molecule has 2 unspecified atom stereocenters. The van der Waals surface area contributed by atoms with Crippen LogP contribution >= 0.6 is 15.9 Å². The molecule has 18 heteroatoms. The number of carbonyl (C=O) groups is 3. The summed E-state index contributed by atoms with van der Waals surface area (Å²) in [6.07, 6.45) is 2.87. The fourth-order valence-electron chi connectivity index (χ4n) is 5.13. The summed E-state index contributed by atoms with van der Waals surface area (Å²) in [4.78, 5) is 34.4. The van der Waals surface area contributed by atoms with Gasteiger partial charge in [0, 0.05) is 52.7 Å². The first-order valence-corrected chi connectivity index (χ1v) is 16.4. The molecule has 4 fully saturated rings. The topological polar surface area (TPSA) is 187 Å². The number of ether oxygens (including phenoxy) is 9. The standard InChI is InChI=1S/C16H20O6.C8H11BrO3.C8H10O3.CH2O3.CH4.2K.H/c1-18-11-19-12-2-4-13(5-3-12)22-15-10-16(7-6-14(15)17)20-8-9-21-16;9-6-5-8(2-1-7(6)10)11-3-4-12-8;1-10-6-11-8-4-2-7(9)3-5-8;2-1-4-3;;;;/h2-5,15H,6-11H2,1H3;6H,1-5H2;2-5,9H,6H2,1H3;1,3H;1H4;;;/q;;;;;2*+1;-1/p-1. The van der Waals surface area contributed by atoms with Crippen molar-refractivity contribution in [1.82, 2.24) is 0 Å². The van der Waals surface area contributed by atoms with Crippen molar-refractivity contribution in [3.63, 3.8) is 0 Å². The first-order valence-electron chi connectivity index (χ1n) is 15.4. The molecule has 2 atom stereocenters. The van der Waals surface area contributed by atoms with Crippen LogP contribution < -0.4 is 122 Å². The molecule has 2 aromatic rings. The van der Waals surface area contributed by atoms with Crippen LogP contribution in [0, 0.1) is 0 Å². The average molecular weight is 854 g/mol. The molecule has 2 aromatic carbocycles. The van der Waals surface area contributed by atoms with Crippen LogP contribution in [0.5, 0.6) is 23.0 Å². The molecule has 6 rings (SSSR count). The molecule has 1 N–H and O–H groups in total. The van der Waals surface area contributed by atoms with Gasteiger partial charge in [-0.2, -0.15) is 0 Å². The van der Waals surface area contributed by atoms with Gasteiger partial charge in [-0.05, 0) is 48.5 Å². The minimum absolute atomic E-state index is 0. The van der Waals surface area contributed by atoms with Gasteiger partial charge >= 0.3 is 103 Å². The SMILES string of the molecule is C.COCOc1ccc(O)cc1.COCOc1ccc(OC2CC3(CCC2=O)OCCO3)cc1.O=C1CCC2(CC1Br)OCCO2.O=CO[O-].[H-].[K+].[K+]. The predicted molar refractivity (Wildman–Crippen MR) is 179 cm³/mol. The third kappa shape index (κ3) is 18.2. The van der Waals surface area contributed by atoms with Gasteiger partial charge in [0.2, 0.25) is 0 Å². The molecule has 0 radical (unpaired) electrons. The molecule has 282 valence electrons. The van der Waals surface area contributed by atoms with E-state index in [9.17, 15) is 9.59 Å². The Kier molecular flexibility index (Phi) is 28.3. The van der Waals surface area contributed by atoms with E-state index in [2.05, 4.69) is 20.8 Å². The van der Waals surface area contributed by atoms with Crippen LogP contribution in [0.4, 0.5) is 0 Å². The molecule has 2 saturated heterocycles. The summed E-state index contributed by atoms with van der Waals surface area (Å²) in [5.74, 6) is 1.49.